The number of rotatable bonds is 3. The molecule has 6 heteroatoms. The lowest BCUT2D eigenvalue weighted by Crippen LogP contribution is -2.50. The topological polar surface area (TPSA) is 64.6 Å². The quantitative estimate of drug-likeness (QED) is 0.827. The van der Waals surface area contributed by atoms with Crippen LogP contribution in [0.25, 0.3) is 11.1 Å². The Balaban J connectivity index is 1.72. The van der Waals surface area contributed by atoms with Gasteiger partial charge in [-0.1, -0.05) is 18.2 Å². The zero-order valence-corrected chi connectivity index (χ0v) is 15.9. The smallest absolute Gasteiger partial charge is 0.235 e. The maximum Gasteiger partial charge on any atom is 0.235 e. The lowest BCUT2D eigenvalue weighted by molar-refractivity contribution is -0.127. The summed E-state index contributed by atoms with van der Waals surface area (Å²) in [6, 6.07) is 10.3. The molecule has 0 aromatic heterocycles. The van der Waals surface area contributed by atoms with Crippen molar-refractivity contribution in [1.29, 1.82) is 0 Å². The molecule has 2 aromatic carbocycles. The number of aryl methyl sites for hydroxylation is 1. The van der Waals surface area contributed by atoms with Crippen molar-refractivity contribution >= 4 is 11.7 Å². The number of hydrogen-bond acceptors (Lipinski definition) is 4. The predicted octanol–water partition coefficient (Wildman–Crippen LogP) is 3.14. The summed E-state index contributed by atoms with van der Waals surface area (Å²) in [5.41, 5.74) is 2.10. The van der Waals surface area contributed by atoms with Crippen LogP contribution >= 0.6 is 0 Å². The van der Waals surface area contributed by atoms with Crippen molar-refractivity contribution < 1.29 is 23.5 Å². The van der Waals surface area contributed by atoms with Crippen LogP contribution in [0.1, 0.15) is 29.9 Å². The zero-order chi connectivity index (χ0) is 19.9. The van der Waals surface area contributed by atoms with Gasteiger partial charge < -0.3 is 14.8 Å². The molecule has 0 bridgehead atoms. The Morgan fingerprint density at radius 3 is 2.46 bits per heavy atom. The van der Waals surface area contributed by atoms with Crippen LogP contribution in [0.3, 0.4) is 0 Å². The van der Waals surface area contributed by atoms with E-state index in [4.69, 9.17) is 9.47 Å². The van der Waals surface area contributed by atoms with E-state index in [2.05, 4.69) is 5.32 Å². The first-order chi connectivity index (χ1) is 13.4. The lowest BCUT2D eigenvalue weighted by atomic mass is 9.80. The first kappa shape index (κ1) is 18.6. The standard InChI is InChI=1S/C22H22FNO4/c1-13-3-4-14(15-5-6-18(27-2)17(23)12-15)11-16(13)19-20(25)22(24-21(19)26)7-9-28-10-8-22/h3-6,11-12,19H,7-10H2,1-2H3,(H,24,26). The molecule has 1 atom stereocenters. The third-order valence-electron chi connectivity index (χ3n) is 5.78. The van der Waals surface area contributed by atoms with E-state index in [1.165, 1.54) is 13.2 Å². The molecule has 146 valence electrons. The summed E-state index contributed by atoms with van der Waals surface area (Å²) in [6.07, 6.45) is 0.993. The van der Waals surface area contributed by atoms with Gasteiger partial charge in [-0.25, -0.2) is 4.39 Å². The number of ether oxygens (including phenoxy) is 2. The largest absolute Gasteiger partial charge is 0.494 e. The van der Waals surface area contributed by atoms with E-state index < -0.39 is 17.3 Å². The van der Waals surface area contributed by atoms with E-state index in [1.54, 1.807) is 12.1 Å². The minimum absolute atomic E-state index is 0.0954. The van der Waals surface area contributed by atoms with Gasteiger partial charge in [-0.05, 0) is 47.4 Å². The summed E-state index contributed by atoms with van der Waals surface area (Å²) in [7, 11) is 1.42. The van der Waals surface area contributed by atoms with Crippen LogP contribution in [-0.4, -0.2) is 37.6 Å². The van der Waals surface area contributed by atoms with Crippen molar-refractivity contribution in [2.45, 2.75) is 31.2 Å². The lowest BCUT2D eigenvalue weighted by Gasteiger charge is -2.31. The fourth-order valence-corrected chi connectivity index (χ4v) is 4.12. The molecule has 1 unspecified atom stereocenters. The molecule has 1 amide bonds. The van der Waals surface area contributed by atoms with Crippen molar-refractivity contribution in [3.05, 3.63) is 53.3 Å². The van der Waals surface area contributed by atoms with E-state index in [0.29, 0.717) is 37.2 Å². The van der Waals surface area contributed by atoms with Gasteiger partial charge in [-0.15, -0.1) is 0 Å². The summed E-state index contributed by atoms with van der Waals surface area (Å²) in [5, 5.41) is 2.93. The Kier molecular flexibility index (Phi) is 4.67. The highest BCUT2D eigenvalue weighted by molar-refractivity contribution is 6.17. The van der Waals surface area contributed by atoms with Crippen LogP contribution in [0.15, 0.2) is 36.4 Å². The highest BCUT2D eigenvalue weighted by Crippen LogP contribution is 2.38. The number of nitrogens with one attached hydrogen (secondary N) is 1. The molecule has 5 nitrogen and oxygen atoms in total. The third kappa shape index (κ3) is 2.98. The Hall–Kier alpha value is -2.73. The number of carbonyl (C=O) groups excluding carboxylic acids is 2. The van der Waals surface area contributed by atoms with Gasteiger partial charge in [-0.2, -0.15) is 0 Å². The Morgan fingerprint density at radius 2 is 1.79 bits per heavy atom. The second-order valence-corrected chi connectivity index (χ2v) is 7.40. The van der Waals surface area contributed by atoms with E-state index >= 15 is 0 Å². The van der Waals surface area contributed by atoms with Crippen LogP contribution in [0.5, 0.6) is 5.75 Å². The average Bonchev–Trinajstić information content (AvgIpc) is 2.92. The maximum absolute atomic E-state index is 14.1. The van der Waals surface area contributed by atoms with Crippen molar-refractivity contribution in [2.24, 2.45) is 0 Å². The van der Waals surface area contributed by atoms with Gasteiger partial charge in [-0.3, -0.25) is 9.59 Å². The number of amides is 1. The SMILES string of the molecule is COc1ccc(-c2ccc(C)c(C3C(=O)NC4(CCOCC4)C3=O)c2)cc1F. The number of methoxy groups -OCH3 is 1. The molecule has 28 heavy (non-hydrogen) atoms. The van der Waals surface area contributed by atoms with E-state index in [0.717, 1.165) is 11.1 Å². The van der Waals surface area contributed by atoms with Gasteiger partial charge in [0.15, 0.2) is 17.3 Å². The van der Waals surface area contributed by atoms with Crippen LogP contribution in [0, 0.1) is 12.7 Å². The Morgan fingerprint density at radius 1 is 1.11 bits per heavy atom. The molecule has 4 rings (SSSR count). The molecule has 2 saturated heterocycles. The summed E-state index contributed by atoms with van der Waals surface area (Å²) in [5.74, 6) is -1.50. The molecule has 2 aromatic rings. The molecule has 2 fully saturated rings. The van der Waals surface area contributed by atoms with Gasteiger partial charge in [0, 0.05) is 26.1 Å². The van der Waals surface area contributed by atoms with Gasteiger partial charge in [0.25, 0.3) is 0 Å². The number of benzene rings is 2. The fourth-order valence-electron chi connectivity index (χ4n) is 4.12. The van der Waals surface area contributed by atoms with E-state index in [-0.39, 0.29) is 17.4 Å². The normalized spacial score (nSPS) is 21.0. The molecule has 0 saturated carbocycles. The molecule has 0 radical (unpaired) electrons. The zero-order valence-electron chi connectivity index (χ0n) is 15.9. The molecular weight excluding hydrogens is 361 g/mol. The number of halogens is 1. The van der Waals surface area contributed by atoms with Crippen LogP contribution in [0.2, 0.25) is 0 Å². The van der Waals surface area contributed by atoms with Gasteiger partial charge in [0.05, 0.1) is 7.11 Å². The number of hydrogen-bond donors (Lipinski definition) is 1. The minimum Gasteiger partial charge on any atom is -0.494 e. The minimum atomic E-state index is -0.846. The average molecular weight is 383 g/mol. The Bertz CT molecular complexity index is 950. The summed E-state index contributed by atoms with van der Waals surface area (Å²) < 4.78 is 24.5. The maximum atomic E-state index is 14.1. The molecule has 1 spiro atoms. The highest BCUT2D eigenvalue weighted by atomic mass is 19.1. The van der Waals surface area contributed by atoms with Gasteiger partial charge in [0.1, 0.15) is 11.5 Å². The van der Waals surface area contributed by atoms with Crippen molar-refractivity contribution in [3.63, 3.8) is 0 Å². The van der Waals surface area contributed by atoms with Crippen molar-refractivity contribution in [1.82, 2.24) is 5.32 Å². The van der Waals surface area contributed by atoms with Gasteiger partial charge >= 0.3 is 0 Å². The first-order valence-electron chi connectivity index (χ1n) is 9.34. The highest BCUT2D eigenvalue weighted by Gasteiger charge is 2.53. The summed E-state index contributed by atoms with van der Waals surface area (Å²) in [6.45, 7) is 2.80. The Labute approximate surface area is 162 Å². The molecule has 2 aliphatic rings. The summed E-state index contributed by atoms with van der Waals surface area (Å²) >= 11 is 0. The number of carbonyl (C=O) groups is 2. The monoisotopic (exact) mass is 383 g/mol. The molecule has 2 aliphatic heterocycles. The van der Waals surface area contributed by atoms with Crippen LogP contribution < -0.4 is 10.1 Å². The molecule has 0 aliphatic carbocycles. The third-order valence-corrected chi connectivity index (χ3v) is 5.78. The second kappa shape index (κ2) is 7.02. The molecule has 1 N–H and O–H groups in total. The second-order valence-electron chi connectivity index (χ2n) is 7.40. The summed E-state index contributed by atoms with van der Waals surface area (Å²) in [4.78, 5) is 26.0. The van der Waals surface area contributed by atoms with E-state index in [1.807, 2.05) is 25.1 Å². The molecule has 2 heterocycles. The van der Waals surface area contributed by atoms with Gasteiger partial charge in [0.2, 0.25) is 5.91 Å². The first-order valence-corrected chi connectivity index (χ1v) is 9.34. The van der Waals surface area contributed by atoms with Crippen molar-refractivity contribution in [3.8, 4) is 16.9 Å². The van der Waals surface area contributed by atoms with E-state index in [9.17, 15) is 14.0 Å². The van der Waals surface area contributed by atoms with Crippen LogP contribution in [0.4, 0.5) is 4.39 Å². The number of ketones is 1. The molecular formula is C22H22FNO4. The fraction of sp³-hybridized carbons (Fsp3) is 0.364. The van der Waals surface area contributed by atoms with Crippen molar-refractivity contribution in [2.75, 3.05) is 20.3 Å². The number of Topliss-reactive ketones (excluding diaryl/α,β-unsaturated/α-hetero) is 1. The van der Waals surface area contributed by atoms with Crippen LogP contribution in [-0.2, 0) is 14.3 Å². The predicted molar refractivity (Wildman–Crippen MR) is 102 cm³/mol.